The first-order valence-electron chi connectivity index (χ1n) is 4.93. The van der Waals surface area contributed by atoms with Crippen LogP contribution in [0.2, 0.25) is 0 Å². The molecule has 0 aromatic carbocycles. The molecule has 1 saturated heterocycles. The number of hydrogen-bond donors (Lipinski definition) is 1. The zero-order chi connectivity index (χ0) is 10.6. The maximum absolute atomic E-state index is 11.6. The molecule has 1 aliphatic rings. The van der Waals surface area contributed by atoms with Crippen LogP contribution in [0.1, 0.15) is 25.7 Å². The first kappa shape index (κ1) is 11.7. The van der Waals surface area contributed by atoms with Gasteiger partial charge in [-0.3, -0.25) is 4.79 Å². The molecular formula is C9H18N2O2S. The highest BCUT2D eigenvalue weighted by molar-refractivity contribution is 7.92. The second-order valence-electron chi connectivity index (χ2n) is 3.97. The van der Waals surface area contributed by atoms with E-state index in [0.29, 0.717) is 0 Å². The van der Waals surface area contributed by atoms with Crippen molar-refractivity contribution in [2.45, 2.75) is 31.7 Å². The Bertz CT molecular complexity index is 303. The third kappa shape index (κ3) is 4.19. The standard InChI is InChI=1S/C9H18N2O2S/c1-14(2,13)11-9(12)8-6-4-3-5-7-10-8/h8,10H,3-7H2,1-2H3. The van der Waals surface area contributed by atoms with E-state index >= 15 is 0 Å². The van der Waals surface area contributed by atoms with E-state index in [-0.39, 0.29) is 11.9 Å². The second kappa shape index (κ2) is 4.89. The van der Waals surface area contributed by atoms with Crippen molar-refractivity contribution >= 4 is 15.6 Å². The van der Waals surface area contributed by atoms with Crippen LogP contribution < -0.4 is 5.32 Å². The van der Waals surface area contributed by atoms with Crippen LogP contribution in [-0.2, 0) is 14.5 Å². The Kier molecular flexibility index (Phi) is 4.07. The summed E-state index contributed by atoms with van der Waals surface area (Å²) < 4.78 is 15.0. The summed E-state index contributed by atoms with van der Waals surface area (Å²) in [6.07, 6.45) is 7.11. The average Bonchev–Trinajstić information content (AvgIpc) is 2.27. The molecule has 5 heteroatoms. The molecule has 1 unspecified atom stereocenters. The zero-order valence-electron chi connectivity index (χ0n) is 8.78. The highest BCUT2D eigenvalue weighted by Gasteiger charge is 2.19. The second-order valence-corrected chi connectivity index (χ2v) is 6.51. The Hall–Kier alpha value is -0.420. The fourth-order valence-electron chi connectivity index (χ4n) is 1.52. The van der Waals surface area contributed by atoms with Crippen LogP contribution in [0.3, 0.4) is 0 Å². The minimum Gasteiger partial charge on any atom is -0.306 e. The summed E-state index contributed by atoms with van der Waals surface area (Å²) in [7, 11) is -2.30. The molecule has 0 spiro atoms. The molecule has 1 fully saturated rings. The molecule has 4 nitrogen and oxygen atoms in total. The highest BCUT2D eigenvalue weighted by Crippen LogP contribution is 2.09. The predicted octanol–water partition coefficient (Wildman–Crippen LogP) is 0.773. The molecule has 1 rings (SSSR count). The van der Waals surface area contributed by atoms with E-state index in [1.165, 1.54) is 12.5 Å². The lowest BCUT2D eigenvalue weighted by Crippen LogP contribution is -2.35. The monoisotopic (exact) mass is 218 g/mol. The Morgan fingerprint density at radius 1 is 1.36 bits per heavy atom. The van der Waals surface area contributed by atoms with Gasteiger partial charge in [0.15, 0.2) is 0 Å². The van der Waals surface area contributed by atoms with Crippen molar-refractivity contribution in [2.75, 3.05) is 19.1 Å². The molecule has 0 aromatic heterocycles. The number of nitrogens with zero attached hydrogens (tertiary/aromatic N) is 1. The van der Waals surface area contributed by atoms with Crippen molar-refractivity contribution < 1.29 is 9.00 Å². The molecule has 1 heterocycles. The van der Waals surface area contributed by atoms with Crippen molar-refractivity contribution in [3.05, 3.63) is 0 Å². The van der Waals surface area contributed by atoms with Gasteiger partial charge in [0.2, 0.25) is 0 Å². The normalized spacial score (nSPS) is 24.0. The molecule has 1 aliphatic heterocycles. The number of rotatable bonds is 1. The topological polar surface area (TPSA) is 58.5 Å². The van der Waals surface area contributed by atoms with Gasteiger partial charge in [-0.05, 0) is 19.4 Å². The van der Waals surface area contributed by atoms with E-state index in [9.17, 15) is 9.00 Å². The van der Waals surface area contributed by atoms with Crippen LogP contribution in [-0.4, -0.2) is 35.2 Å². The van der Waals surface area contributed by atoms with Gasteiger partial charge in [0.05, 0.1) is 6.04 Å². The van der Waals surface area contributed by atoms with E-state index in [4.69, 9.17) is 0 Å². The van der Waals surface area contributed by atoms with Crippen molar-refractivity contribution in [3.8, 4) is 0 Å². The summed E-state index contributed by atoms with van der Waals surface area (Å²) in [5.41, 5.74) is 0. The van der Waals surface area contributed by atoms with E-state index < -0.39 is 9.73 Å². The predicted molar refractivity (Wildman–Crippen MR) is 57.7 cm³/mol. The zero-order valence-corrected chi connectivity index (χ0v) is 9.60. The highest BCUT2D eigenvalue weighted by atomic mass is 32.2. The van der Waals surface area contributed by atoms with Crippen LogP contribution in [0.15, 0.2) is 4.36 Å². The van der Waals surface area contributed by atoms with Crippen molar-refractivity contribution in [2.24, 2.45) is 4.36 Å². The number of carbonyl (C=O) groups excluding carboxylic acids is 1. The van der Waals surface area contributed by atoms with Gasteiger partial charge in [-0.1, -0.05) is 12.8 Å². The van der Waals surface area contributed by atoms with E-state index in [1.54, 1.807) is 0 Å². The Labute approximate surface area is 85.6 Å². The lowest BCUT2D eigenvalue weighted by atomic mass is 10.1. The number of carbonyl (C=O) groups is 1. The SMILES string of the molecule is CS(C)(=O)=NC(=O)C1CCCCCN1. The number of nitrogens with one attached hydrogen (secondary N) is 1. The molecule has 0 bridgehead atoms. The third-order valence-corrected chi connectivity index (χ3v) is 2.79. The van der Waals surface area contributed by atoms with Crippen molar-refractivity contribution in [3.63, 3.8) is 0 Å². The summed E-state index contributed by atoms with van der Waals surface area (Å²) in [5.74, 6) is -0.248. The first-order chi connectivity index (χ1) is 6.49. The molecule has 0 saturated carbocycles. The third-order valence-electron chi connectivity index (χ3n) is 2.17. The molecule has 14 heavy (non-hydrogen) atoms. The minimum atomic E-state index is -2.30. The smallest absolute Gasteiger partial charge is 0.270 e. The summed E-state index contributed by atoms with van der Waals surface area (Å²) in [6, 6.07) is -0.210. The first-order valence-corrected chi connectivity index (χ1v) is 7.26. The Morgan fingerprint density at radius 3 is 2.71 bits per heavy atom. The van der Waals surface area contributed by atoms with E-state index in [0.717, 1.165) is 32.2 Å². The molecule has 0 aliphatic carbocycles. The van der Waals surface area contributed by atoms with Gasteiger partial charge < -0.3 is 5.32 Å². The van der Waals surface area contributed by atoms with E-state index in [1.807, 2.05) is 0 Å². The van der Waals surface area contributed by atoms with Gasteiger partial charge in [0.25, 0.3) is 5.91 Å². The summed E-state index contributed by atoms with van der Waals surface area (Å²) >= 11 is 0. The molecule has 1 amide bonds. The summed E-state index contributed by atoms with van der Waals surface area (Å²) in [5, 5.41) is 3.14. The van der Waals surface area contributed by atoms with Gasteiger partial charge in [0, 0.05) is 22.2 Å². The van der Waals surface area contributed by atoms with Gasteiger partial charge in [0.1, 0.15) is 0 Å². The molecular weight excluding hydrogens is 200 g/mol. The summed E-state index contributed by atoms with van der Waals surface area (Å²) in [6.45, 7) is 0.862. The Morgan fingerprint density at radius 2 is 2.07 bits per heavy atom. The van der Waals surface area contributed by atoms with E-state index in [2.05, 4.69) is 9.68 Å². The van der Waals surface area contributed by atoms with Crippen LogP contribution in [0.25, 0.3) is 0 Å². The van der Waals surface area contributed by atoms with Gasteiger partial charge in [-0.15, -0.1) is 0 Å². The molecule has 1 N–H and O–H groups in total. The van der Waals surface area contributed by atoms with Gasteiger partial charge in [-0.25, -0.2) is 4.21 Å². The quantitative estimate of drug-likeness (QED) is 0.707. The van der Waals surface area contributed by atoms with Crippen molar-refractivity contribution in [1.29, 1.82) is 0 Å². The molecule has 0 radical (unpaired) electrons. The van der Waals surface area contributed by atoms with Crippen LogP contribution >= 0.6 is 0 Å². The van der Waals surface area contributed by atoms with Crippen LogP contribution in [0, 0.1) is 0 Å². The maximum atomic E-state index is 11.6. The van der Waals surface area contributed by atoms with Gasteiger partial charge >= 0.3 is 0 Å². The number of amides is 1. The maximum Gasteiger partial charge on any atom is 0.270 e. The molecule has 0 aromatic rings. The van der Waals surface area contributed by atoms with Crippen LogP contribution in [0.4, 0.5) is 0 Å². The fraction of sp³-hybridized carbons (Fsp3) is 0.889. The minimum absolute atomic E-state index is 0.210. The lowest BCUT2D eigenvalue weighted by molar-refractivity contribution is -0.119. The Balaban J connectivity index is 2.64. The number of hydrogen-bond acceptors (Lipinski definition) is 3. The van der Waals surface area contributed by atoms with Crippen LogP contribution in [0.5, 0.6) is 0 Å². The fourth-order valence-corrected chi connectivity index (χ4v) is 2.08. The van der Waals surface area contributed by atoms with Crippen molar-refractivity contribution in [1.82, 2.24) is 5.32 Å². The average molecular weight is 218 g/mol. The lowest BCUT2D eigenvalue weighted by Gasteiger charge is -2.10. The largest absolute Gasteiger partial charge is 0.306 e. The summed E-state index contributed by atoms with van der Waals surface area (Å²) in [4.78, 5) is 11.6. The van der Waals surface area contributed by atoms with Gasteiger partial charge in [-0.2, -0.15) is 4.36 Å². The molecule has 82 valence electrons. The molecule has 1 atom stereocenters.